The minimum absolute atomic E-state index is 0.0493. The monoisotopic (exact) mass is 806 g/mol. The molecule has 1 unspecified atom stereocenters. The predicted molar refractivity (Wildman–Crippen MR) is 231 cm³/mol. The number of rotatable bonds is 38. The molecule has 0 amide bonds. The molecule has 0 aromatic carbocycles. The molecule has 0 fully saturated rings. The number of unbranched alkanes of at least 4 members (excludes halogenated alkanes) is 12. The Bertz CT molecular complexity index is 1180. The minimum atomic E-state index is -4.65. The van der Waals surface area contributed by atoms with Crippen molar-refractivity contribution in [3.63, 3.8) is 0 Å². The zero-order chi connectivity index (χ0) is 41.4. The van der Waals surface area contributed by atoms with Gasteiger partial charge in [0.2, 0.25) is 0 Å². The van der Waals surface area contributed by atoms with Gasteiger partial charge in [-0.1, -0.05) is 151 Å². The summed E-state index contributed by atoms with van der Waals surface area (Å²) < 4.78 is 33.7. The van der Waals surface area contributed by atoms with E-state index in [4.69, 9.17) is 18.5 Å². The van der Waals surface area contributed by atoms with Crippen LogP contribution in [-0.4, -0.2) is 70.0 Å². The summed E-state index contributed by atoms with van der Waals surface area (Å²) >= 11 is 0. The number of allylic oxidation sites excluding steroid dienone is 12. The molecule has 0 aliphatic rings. The quantitative estimate of drug-likeness (QED) is 0.0199. The Labute approximate surface area is 342 Å². The summed E-state index contributed by atoms with van der Waals surface area (Å²) in [7, 11) is 1.10. The molecular formula is C46H80NO8P. The number of ether oxygens (including phenoxy) is 2. The zero-order valence-corrected chi connectivity index (χ0v) is 36.9. The number of hydrogen-bond donors (Lipinski definition) is 0. The third-order valence-electron chi connectivity index (χ3n) is 8.72. The summed E-state index contributed by atoms with van der Waals surface area (Å²) in [6, 6.07) is 0. The molecule has 0 aliphatic heterocycles. The Morgan fingerprint density at radius 3 is 1.61 bits per heavy atom. The van der Waals surface area contributed by atoms with E-state index in [1.807, 2.05) is 33.3 Å². The van der Waals surface area contributed by atoms with Gasteiger partial charge in [0.25, 0.3) is 7.82 Å². The highest BCUT2D eigenvalue weighted by atomic mass is 31.2. The first-order valence-electron chi connectivity index (χ1n) is 21.6. The maximum absolute atomic E-state index is 12.6. The Morgan fingerprint density at radius 2 is 1.05 bits per heavy atom. The first-order valence-corrected chi connectivity index (χ1v) is 23.1. The lowest BCUT2D eigenvalue weighted by Crippen LogP contribution is -2.37. The molecule has 0 aromatic rings. The SMILES string of the molecule is CC/C=C/C/C=C/C/C=C/C/C=C/C/C=C/CCCC(=O)O[C@H](COC(=O)CC/C=C/CCCCCCCCCCCCC)COP(=O)([O-])OCC[N+](C)(C)C. The number of phosphoric acid groups is 1. The number of likely N-dealkylation sites (N-methyl/N-ethyl adjacent to an activating group) is 1. The van der Waals surface area contributed by atoms with Gasteiger partial charge in [-0.05, 0) is 64.2 Å². The smallest absolute Gasteiger partial charge is 0.306 e. The maximum atomic E-state index is 12.6. The van der Waals surface area contributed by atoms with Gasteiger partial charge in [0.05, 0.1) is 27.7 Å². The Morgan fingerprint density at radius 1 is 0.571 bits per heavy atom. The van der Waals surface area contributed by atoms with Crippen molar-refractivity contribution >= 4 is 19.8 Å². The highest BCUT2D eigenvalue weighted by molar-refractivity contribution is 7.45. The molecule has 9 nitrogen and oxygen atoms in total. The molecule has 0 N–H and O–H groups in total. The molecule has 0 bridgehead atoms. The molecule has 0 saturated heterocycles. The van der Waals surface area contributed by atoms with Crippen molar-refractivity contribution < 1.29 is 42.1 Å². The number of quaternary nitrogens is 1. The standard InChI is InChI=1S/C46H80NO8P/c1-6-8-10-12-14-16-18-20-22-23-25-27-29-31-33-35-37-39-46(49)55-44(43-54-56(50,51)53-41-40-47(3,4)5)42-52-45(48)38-36-34-32-30-28-26-24-21-19-17-15-13-11-9-7-2/h8,10,14,16,20,22,25,27,31-34,44H,6-7,9,11-13,15,17-19,21,23-24,26,28-30,35-43H2,1-5H3/b10-8+,16-14+,22-20+,27-25+,33-31+,34-32+/t44-/m1/s1. The van der Waals surface area contributed by atoms with E-state index >= 15 is 0 Å². The summed E-state index contributed by atoms with van der Waals surface area (Å²) in [6.07, 6.45) is 46.7. The van der Waals surface area contributed by atoms with Gasteiger partial charge in [-0.15, -0.1) is 0 Å². The fourth-order valence-corrected chi connectivity index (χ4v) is 6.08. The maximum Gasteiger partial charge on any atom is 0.306 e. The van der Waals surface area contributed by atoms with Crippen LogP contribution in [0, 0.1) is 0 Å². The average Bonchev–Trinajstić information content (AvgIpc) is 3.15. The van der Waals surface area contributed by atoms with E-state index in [-0.39, 0.29) is 26.1 Å². The lowest BCUT2D eigenvalue weighted by molar-refractivity contribution is -0.870. The largest absolute Gasteiger partial charge is 0.756 e. The highest BCUT2D eigenvalue weighted by Gasteiger charge is 2.21. The van der Waals surface area contributed by atoms with Crippen molar-refractivity contribution in [1.82, 2.24) is 0 Å². The normalized spacial score (nSPS) is 14.3. The Balaban J connectivity index is 4.52. The van der Waals surface area contributed by atoms with Crippen LogP contribution in [0.2, 0.25) is 0 Å². The van der Waals surface area contributed by atoms with E-state index in [0.717, 1.165) is 44.9 Å². The van der Waals surface area contributed by atoms with Crippen LogP contribution < -0.4 is 4.89 Å². The molecule has 0 rings (SSSR count). The van der Waals surface area contributed by atoms with Crippen molar-refractivity contribution in [2.45, 2.75) is 161 Å². The third-order valence-corrected chi connectivity index (χ3v) is 9.69. The highest BCUT2D eigenvalue weighted by Crippen LogP contribution is 2.38. The lowest BCUT2D eigenvalue weighted by Gasteiger charge is -2.28. The molecule has 0 spiro atoms. The van der Waals surface area contributed by atoms with Gasteiger partial charge in [-0.2, -0.15) is 0 Å². The molecular weight excluding hydrogens is 725 g/mol. The third kappa shape index (κ3) is 41.1. The van der Waals surface area contributed by atoms with Gasteiger partial charge in [-0.3, -0.25) is 14.2 Å². The number of phosphoric ester groups is 1. The number of carbonyl (C=O) groups is 2. The Hall–Kier alpha value is -2.55. The number of esters is 2. The molecule has 10 heteroatoms. The Kier molecular flexibility index (Phi) is 36.3. The second-order valence-corrected chi connectivity index (χ2v) is 16.7. The van der Waals surface area contributed by atoms with Crippen LogP contribution >= 0.6 is 7.82 Å². The molecule has 2 atom stereocenters. The van der Waals surface area contributed by atoms with Gasteiger partial charge < -0.3 is 27.9 Å². The van der Waals surface area contributed by atoms with E-state index in [2.05, 4.69) is 74.6 Å². The van der Waals surface area contributed by atoms with Crippen molar-refractivity contribution in [1.29, 1.82) is 0 Å². The summed E-state index contributed by atoms with van der Waals surface area (Å²) in [5.41, 5.74) is 0. The van der Waals surface area contributed by atoms with Crippen LogP contribution in [0.15, 0.2) is 72.9 Å². The van der Waals surface area contributed by atoms with Gasteiger partial charge in [0.15, 0.2) is 6.10 Å². The van der Waals surface area contributed by atoms with Crippen molar-refractivity contribution in [3.8, 4) is 0 Å². The summed E-state index contributed by atoms with van der Waals surface area (Å²) in [5, 5.41) is 0. The number of carbonyl (C=O) groups excluding carboxylic acids is 2. The van der Waals surface area contributed by atoms with E-state index in [1.165, 1.54) is 64.2 Å². The predicted octanol–water partition coefficient (Wildman–Crippen LogP) is 11.6. The fourth-order valence-electron chi connectivity index (χ4n) is 5.35. The molecule has 0 radical (unpaired) electrons. The second kappa shape index (κ2) is 38.0. The first-order chi connectivity index (χ1) is 27.0. The van der Waals surface area contributed by atoms with Crippen LogP contribution in [0.1, 0.15) is 155 Å². The number of hydrogen-bond acceptors (Lipinski definition) is 8. The van der Waals surface area contributed by atoms with Crippen LogP contribution in [0.4, 0.5) is 0 Å². The van der Waals surface area contributed by atoms with Crippen molar-refractivity contribution in [2.24, 2.45) is 0 Å². The minimum Gasteiger partial charge on any atom is -0.756 e. The molecule has 0 saturated carbocycles. The van der Waals surface area contributed by atoms with E-state index < -0.39 is 32.5 Å². The number of nitrogens with zero attached hydrogens (tertiary/aromatic N) is 1. The molecule has 56 heavy (non-hydrogen) atoms. The van der Waals surface area contributed by atoms with Gasteiger partial charge in [0, 0.05) is 12.8 Å². The van der Waals surface area contributed by atoms with E-state index in [9.17, 15) is 19.0 Å². The van der Waals surface area contributed by atoms with E-state index in [0.29, 0.717) is 30.3 Å². The average molecular weight is 806 g/mol. The summed E-state index contributed by atoms with van der Waals surface area (Å²) in [5.74, 6) is -0.965. The van der Waals surface area contributed by atoms with Gasteiger partial charge in [-0.25, -0.2) is 0 Å². The van der Waals surface area contributed by atoms with Crippen LogP contribution in [0.5, 0.6) is 0 Å². The molecule has 322 valence electrons. The summed E-state index contributed by atoms with van der Waals surface area (Å²) in [4.78, 5) is 37.4. The van der Waals surface area contributed by atoms with Gasteiger partial charge in [0.1, 0.15) is 19.8 Å². The van der Waals surface area contributed by atoms with Crippen LogP contribution in [-0.2, 0) is 32.7 Å². The summed E-state index contributed by atoms with van der Waals surface area (Å²) in [6.45, 7) is 3.99. The zero-order valence-electron chi connectivity index (χ0n) is 36.1. The fraction of sp³-hybridized carbons (Fsp3) is 0.696. The van der Waals surface area contributed by atoms with Crippen molar-refractivity contribution in [3.05, 3.63) is 72.9 Å². The van der Waals surface area contributed by atoms with Crippen molar-refractivity contribution in [2.75, 3.05) is 47.5 Å². The van der Waals surface area contributed by atoms with Crippen LogP contribution in [0.3, 0.4) is 0 Å². The first kappa shape index (κ1) is 53.5. The molecule has 0 aliphatic carbocycles. The second-order valence-electron chi connectivity index (χ2n) is 15.3. The topological polar surface area (TPSA) is 111 Å². The molecule has 0 heterocycles. The van der Waals surface area contributed by atoms with Crippen LogP contribution in [0.25, 0.3) is 0 Å². The van der Waals surface area contributed by atoms with E-state index in [1.54, 1.807) is 0 Å². The molecule has 0 aromatic heterocycles. The lowest BCUT2D eigenvalue weighted by atomic mass is 10.1. The van der Waals surface area contributed by atoms with Gasteiger partial charge >= 0.3 is 11.9 Å².